The lowest BCUT2D eigenvalue weighted by Gasteiger charge is -2.17. The van der Waals surface area contributed by atoms with Crippen LogP contribution in [-0.2, 0) is 14.3 Å². The predicted molar refractivity (Wildman–Crippen MR) is 84.6 cm³/mol. The Morgan fingerprint density at radius 3 is 2.39 bits per heavy atom. The molecule has 0 amide bonds. The lowest BCUT2D eigenvalue weighted by Crippen LogP contribution is -2.22. The van der Waals surface area contributed by atoms with E-state index >= 15 is 0 Å². The summed E-state index contributed by atoms with van der Waals surface area (Å²) < 4.78 is 5.08. The first-order chi connectivity index (χ1) is 10.6. The molecule has 0 bridgehead atoms. The molecule has 0 saturated carbocycles. The molecule has 7 nitrogen and oxygen atoms in total. The van der Waals surface area contributed by atoms with Crippen molar-refractivity contribution in [3.05, 3.63) is 51.6 Å². The van der Waals surface area contributed by atoms with E-state index in [1.807, 2.05) is 0 Å². The van der Waals surface area contributed by atoms with Gasteiger partial charge in [-0.1, -0.05) is 6.07 Å². The SMILES string of the molecule is CC(C)(C)OC(=O)C=Cc1ccc(C=CC(=O)O)cc1[N+](=O)[O-]. The number of nitrogens with zero attached hydrogens (tertiary/aromatic N) is 1. The van der Waals surface area contributed by atoms with Crippen LogP contribution in [0.15, 0.2) is 30.4 Å². The van der Waals surface area contributed by atoms with Gasteiger partial charge < -0.3 is 9.84 Å². The van der Waals surface area contributed by atoms with Gasteiger partial charge in [-0.15, -0.1) is 0 Å². The minimum atomic E-state index is -1.15. The molecular weight excluding hydrogens is 302 g/mol. The van der Waals surface area contributed by atoms with Gasteiger partial charge in [-0.3, -0.25) is 10.1 Å². The number of carboxylic acids is 1. The van der Waals surface area contributed by atoms with Gasteiger partial charge in [0, 0.05) is 18.2 Å². The van der Waals surface area contributed by atoms with Gasteiger partial charge in [-0.25, -0.2) is 9.59 Å². The molecule has 1 N–H and O–H groups in total. The van der Waals surface area contributed by atoms with Crippen LogP contribution in [0.3, 0.4) is 0 Å². The maximum Gasteiger partial charge on any atom is 0.331 e. The predicted octanol–water partition coefficient (Wildman–Crippen LogP) is 3.05. The Morgan fingerprint density at radius 1 is 1.22 bits per heavy atom. The van der Waals surface area contributed by atoms with Crippen molar-refractivity contribution in [2.24, 2.45) is 0 Å². The Hall–Kier alpha value is -2.96. The van der Waals surface area contributed by atoms with E-state index < -0.39 is 22.5 Å². The monoisotopic (exact) mass is 319 g/mol. The van der Waals surface area contributed by atoms with Crippen molar-refractivity contribution in [2.45, 2.75) is 26.4 Å². The highest BCUT2D eigenvalue weighted by molar-refractivity contribution is 5.89. The quantitative estimate of drug-likeness (QED) is 0.387. The highest BCUT2D eigenvalue weighted by Crippen LogP contribution is 2.22. The van der Waals surface area contributed by atoms with Gasteiger partial charge >= 0.3 is 11.9 Å². The Labute approximate surface area is 133 Å². The molecular formula is C16H17NO6. The van der Waals surface area contributed by atoms with Gasteiger partial charge in [-0.05, 0) is 44.6 Å². The number of carbonyl (C=O) groups excluding carboxylic acids is 1. The molecule has 0 fully saturated rings. The van der Waals surface area contributed by atoms with Gasteiger partial charge in [0.25, 0.3) is 5.69 Å². The van der Waals surface area contributed by atoms with E-state index in [4.69, 9.17) is 9.84 Å². The highest BCUT2D eigenvalue weighted by atomic mass is 16.6. The number of hydrogen-bond acceptors (Lipinski definition) is 5. The standard InChI is InChI=1S/C16H17NO6/c1-16(2,3)23-15(20)9-7-12-6-4-11(5-8-14(18)19)10-13(12)17(21)22/h4-10H,1-3H3,(H,18,19). The summed E-state index contributed by atoms with van der Waals surface area (Å²) in [6.07, 6.45) is 4.53. The number of carbonyl (C=O) groups is 2. The van der Waals surface area contributed by atoms with Crippen LogP contribution < -0.4 is 0 Å². The van der Waals surface area contributed by atoms with Crippen LogP contribution in [0, 0.1) is 10.1 Å². The topological polar surface area (TPSA) is 107 Å². The first-order valence-corrected chi connectivity index (χ1v) is 6.69. The Balaban J connectivity index is 3.05. The number of nitro groups is 1. The first kappa shape index (κ1) is 18.1. The third-order valence-corrected chi connectivity index (χ3v) is 2.48. The largest absolute Gasteiger partial charge is 0.478 e. The molecule has 0 atom stereocenters. The van der Waals surface area contributed by atoms with E-state index in [9.17, 15) is 19.7 Å². The molecule has 122 valence electrons. The summed E-state index contributed by atoms with van der Waals surface area (Å²) in [4.78, 5) is 32.6. The second-order valence-corrected chi connectivity index (χ2v) is 5.61. The second-order valence-electron chi connectivity index (χ2n) is 5.61. The smallest absolute Gasteiger partial charge is 0.331 e. The van der Waals surface area contributed by atoms with E-state index in [0.717, 1.165) is 12.2 Å². The normalized spacial score (nSPS) is 11.8. The maximum absolute atomic E-state index is 11.6. The molecule has 0 aliphatic rings. The van der Waals surface area contributed by atoms with Crippen molar-refractivity contribution in [2.75, 3.05) is 0 Å². The van der Waals surface area contributed by atoms with Crippen molar-refractivity contribution in [3.63, 3.8) is 0 Å². The second kappa shape index (κ2) is 7.35. The van der Waals surface area contributed by atoms with E-state index in [1.54, 1.807) is 20.8 Å². The zero-order chi connectivity index (χ0) is 17.6. The van der Waals surface area contributed by atoms with Crippen LogP contribution in [-0.4, -0.2) is 27.6 Å². The minimum Gasteiger partial charge on any atom is -0.478 e. The van der Waals surface area contributed by atoms with Crippen LogP contribution in [0.2, 0.25) is 0 Å². The summed E-state index contributed by atoms with van der Waals surface area (Å²) in [5, 5.41) is 19.7. The molecule has 1 rings (SSSR count). The van der Waals surface area contributed by atoms with Crippen molar-refractivity contribution in [1.82, 2.24) is 0 Å². The molecule has 0 aliphatic carbocycles. The van der Waals surface area contributed by atoms with E-state index in [0.29, 0.717) is 5.56 Å². The molecule has 0 heterocycles. The van der Waals surface area contributed by atoms with E-state index in [1.165, 1.54) is 30.4 Å². The van der Waals surface area contributed by atoms with Crippen LogP contribution in [0.1, 0.15) is 31.9 Å². The third-order valence-electron chi connectivity index (χ3n) is 2.48. The summed E-state index contributed by atoms with van der Waals surface area (Å²) >= 11 is 0. The van der Waals surface area contributed by atoms with Crippen molar-refractivity contribution in [3.8, 4) is 0 Å². The lowest BCUT2D eigenvalue weighted by atomic mass is 10.1. The molecule has 23 heavy (non-hydrogen) atoms. The van der Waals surface area contributed by atoms with Crippen LogP contribution in [0.5, 0.6) is 0 Å². The summed E-state index contributed by atoms with van der Waals surface area (Å²) in [5.74, 6) is -1.76. The fourth-order valence-corrected chi connectivity index (χ4v) is 1.62. The number of carboxylic acid groups (broad SMARTS) is 1. The fourth-order valence-electron chi connectivity index (χ4n) is 1.62. The van der Waals surface area contributed by atoms with Gasteiger partial charge in [-0.2, -0.15) is 0 Å². The van der Waals surface area contributed by atoms with Gasteiger partial charge in [0.05, 0.1) is 10.5 Å². The lowest BCUT2D eigenvalue weighted by molar-refractivity contribution is -0.385. The summed E-state index contributed by atoms with van der Waals surface area (Å²) in [6, 6.07) is 4.18. The van der Waals surface area contributed by atoms with E-state index in [2.05, 4.69) is 0 Å². The summed E-state index contributed by atoms with van der Waals surface area (Å²) in [5.41, 5.74) is -0.307. The average molecular weight is 319 g/mol. The molecule has 7 heteroatoms. The highest BCUT2D eigenvalue weighted by Gasteiger charge is 2.15. The number of nitro benzene ring substituents is 1. The first-order valence-electron chi connectivity index (χ1n) is 6.69. The molecule has 1 aromatic carbocycles. The third kappa shape index (κ3) is 6.56. The minimum absolute atomic E-state index is 0.216. The van der Waals surface area contributed by atoms with Gasteiger partial charge in [0.2, 0.25) is 0 Å². The molecule has 0 spiro atoms. The molecule has 0 aromatic heterocycles. The van der Waals surface area contributed by atoms with Crippen LogP contribution in [0.25, 0.3) is 12.2 Å². The summed E-state index contributed by atoms with van der Waals surface area (Å²) in [7, 11) is 0. The van der Waals surface area contributed by atoms with Gasteiger partial charge in [0.15, 0.2) is 0 Å². The number of esters is 1. The molecule has 0 unspecified atom stereocenters. The number of ether oxygens (including phenoxy) is 1. The fraction of sp³-hybridized carbons (Fsp3) is 0.250. The summed E-state index contributed by atoms with van der Waals surface area (Å²) in [6.45, 7) is 5.14. The molecule has 0 saturated heterocycles. The van der Waals surface area contributed by atoms with E-state index in [-0.39, 0.29) is 11.3 Å². The van der Waals surface area contributed by atoms with Crippen molar-refractivity contribution >= 4 is 29.8 Å². The number of rotatable bonds is 5. The average Bonchev–Trinajstić information content (AvgIpc) is 2.41. The zero-order valence-electron chi connectivity index (χ0n) is 13.0. The number of benzene rings is 1. The number of aliphatic carboxylic acids is 1. The van der Waals surface area contributed by atoms with Crippen LogP contribution >= 0.6 is 0 Å². The molecule has 0 radical (unpaired) electrons. The molecule has 0 aliphatic heterocycles. The van der Waals surface area contributed by atoms with Gasteiger partial charge in [0.1, 0.15) is 5.60 Å². The Kier molecular flexibility index (Phi) is 5.78. The van der Waals surface area contributed by atoms with Crippen LogP contribution in [0.4, 0.5) is 5.69 Å². The zero-order valence-corrected chi connectivity index (χ0v) is 13.0. The number of hydrogen-bond donors (Lipinski definition) is 1. The molecule has 1 aromatic rings. The van der Waals surface area contributed by atoms with Crippen molar-refractivity contribution < 1.29 is 24.4 Å². The Bertz CT molecular complexity index is 682. The maximum atomic E-state index is 11.6. The Morgan fingerprint density at radius 2 is 1.87 bits per heavy atom. The van der Waals surface area contributed by atoms with Crippen molar-refractivity contribution in [1.29, 1.82) is 0 Å².